The Balaban J connectivity index is 0.992. The molecule has 0 radical (unpaired) electrons. The summed E-state index contributed by atoms with van der Waals surface area (Å²) in [5, 5.41) is 4.96. The Hall–Kier alpha value is -5.37. The molecule has 4 aliphatic heterocycles. The van der Waals surface area contributed by atoms with Crippen molar-refractivity contribution in [3.63, 3.8) is 0 Å². The van der Waals surface area contributed by atoms with Crippen molar-refractivity contribution < 1.29 is 9.47 Å². The molecular weight excluding hydrogens is 782 g/mol. The average Bonchev–Trinajstić information content (AvgIpc) is 3.26. The van der Waals surface area contributed by atoms with Gasteiger partial charge in [0.1, 0.15) is 23.0 Å². The van der Waals surface area contributed by atoms with Gasteiger partial charge in [-0.1, -0.05) is 148 Å². The van der Waals surface area contributed by atoms with E-state index < -0.39 is 0 Å². The molecule has 4 aliphatic rings. The van der Waals surface area contributed by atoms with Crippen LogP contribution < -0.4 is 42.3 Å². The lowest BCUT2D eigenvalue weighted by molar-refractivity contribution is 0.483. The van der Waals surface area contributed by atoms with Crippen molar-refractivity contribution in [1.82, 2.24) is 0 Å². The third-order valence-corrected chi connectivity index (χ3v) is 16.5. The largest absolute Gasteiger partial charge is 0.457 e. The van der Waals surface area contributed by atoms with Crippen LogP contribution in [0.3, 0.4) is 0 Å². The molecule has 8 heteroatoms. The quantitative estimate of drug-likeness (QED) is 0.164. The third-order valence-electron chi connectivity index (χ3n) is 11.8. The molecule has 0 aromatic heterocycles. The highest BCUT2D eigenvalue weighted by atomic mass is 32.2. The Kier molecular flexibility index (Phi) is 7.57. The molecule has 0 fully saturated rings. The van der Waals surface area contributed by atoms with Crippen LogP contribution in [0.25, 0.3) is 21.5 Å². The van der Waals surface area contributed by atoms with Crippen molar-refractivity contribution in [3.8, 4) is 23.0 Å². The highest BCUT2D eigenvalue weighted by molar-refractivity contribution is 8.02. The molecule has 9 aromatic carbocycles. The van der Waals surface area contributed by atoms with Gasteiger partial charge in [0, 0.05) is 39.2 Å². The number of hydrogen-bond acceptors (Lipinski definition) is 6. The van der Waals surface area contributed by atoms with Crippen LogP contribution in [0.1, 0.15) is 0 Å². The van der Waals surface area contributed by atoms with Gasteiger partial charge in [-0.05, 0) is 123 Å². The molecule has 0 unspecified atom stereocenters. The van der Waals surface area contributed by atoms with Gasteiger partial charge in [-0.3, -0.25) is 0 Å². The molecular formula is C50H28B2O2S4. The first-order valence-corrected chi connectivity index (χ1v) is 22.7. The van der Waals surface area contributed by atoms with Crippen LogP contribution in [0.15, 0.2) is 209 Å². The zero-order chi connectivity index (χ0) is 37.9. The molecule has 58 heavy (non-hydrogen) atoms. The summed E-state index contributed by atoms with van der Waals surface area (Å²) in [7, 11) is 0. The summed E-state index contributed by atoms with van der Waals surface area (Å²) < 4.78 is 12.7. The fourth-order valence-corrected chi connectivity index (χ4v) is 14.5. The maximum atomic E-state index is 6.34. The van der Waals surface area contributed by atoms with E-state index in [1.165, 1.54) is 93.5 Å². The van der Waals surface area contributed by atoms with Crippen LogP contribution in [0.5, 0.6) is 23.0 Å². The van der Waals surface area contributed by atoms with Crippen molar-refractivity contribution >= 4 is 115 Å². The molecule has 0 spiro atoms. The van der Waals surface area contributed by atoms with E-state index in [0.29, 0.717) is 0 Å². The molecule has 2 nitrogen and oxygen atoms in total. The van der Waals surface area contributed by atoms with E-state index in [4.69, 9.17) is 9.47 Å². The maximum absolute atomic E-state index is 6.34. The Labute approximate surface area is 353 Å². The molecule has 0 saturated carbocycles. The minimum Gasteiger partial charge on any atom is -0.457 e. The minimum absolute atomic E-state index is 0.146. The predicted molar refractivity (Wildman–Crippen MR) is 246 cm³/mol. The van der Waals surface area contributed by atoms with Gasteiger partial charge in [-0.25, -0.2) is 0 Å². The summed E-state index contributed by atoms with van der Waals surface area (Å²) in [5.74, 6) is 3.39. The van der Waals surface area contributed by atoms with Crippen molar-refractivity contribution in [2.24, 2.45) is 0 Å². The van der Waals surface area contributed by atoms with Crippen LogP contribution >= 0.6 is 47.0 Å². The van der Waals surface area contributed by atoms with E-state index >= 15 is 0 Å². The van der Waals surface area contributed by atoms with Gasteiger partial charge in [0.2, 0.25) is 13.4 Å². The van der Waals surface area contributed by atoms with Crippen LogP contribution in [0, 0.1) is 0 Å². The molecule has 9 aromatic rings. The molecule has 13 rings (SSSR count). The molecule has 0 atom stereocenters. The number of ether oxygens (including phenoxy) is 2. The monoisotopic (exact) mass is 810 g/mol. The summed E-state index contributed by atoms with van der Waals surface area (Å²) in [6.07, 6.45) is 0. The van der Waals surface area contributed by atoms with E-state index in [0.717, 1.165) is 23.0 Å². The smallest absolute Gasteiger partial charge is 0.247 e. The molecule has 0 bridgehead atoms. The summed E-state index contributed by atoms with van der Waals surface area (Å²) in [5.41, 5.74) is 8.50. The average molecular weight is 811 g/mol. The molecule has 4 heterocycles. The van der Waals surface area contributed by atoms with E-state index in [9.17, 15) is 0 Å². The first-order valence-electron chi connectivity index (χ1n) is 19.4. The fourth-order valence-electron chi connectivity index (χ4n) is 9.26. The Morgan fingerprint density at radius 2 is 0.759 bits per heavy atom. The Bertz CT molecular complexity index is 3000. The van der Waals surface area contributed by atoms with Crippen molar-refractivity contribution in [3.05, 3.63) is 170 Å². The SMILES string of the molecule is c1ccc(Oc2ccc3c4c5c(cc3c2)Sc2ccccc2B5c2cc3c(cc2S4)Sc2c4c(cc5cc(Oc6ccccc6)ccc25)Sc2ccccc2B34)cc1. The molecule has 0 N–H and O–H groups in total. The maximum Gasteiger partial charge on any atom is 0.247 e. The second-order valence-electron chi connectivity index (χ2n) is 15.1. The normalized spacial score (nSPS) is 13.9. The fraction of sp³-hybridized carbons (Fsp3) is 0. The Morgan fingerprint density at radius 3 is 1.24 bits per heavy atom. The minimum atomic E-state index is 0.146. The van der Waals surface area contributed by atoms with Crippen LogP contribution in [-0.2, 0) is 0 Å². The number of fused-ring (bicyclic) bond motifs is 12. The summed E-state index contributed by atoms with van der Waals surface area (Å²) in [6.45, 7) is 0.291. The number of rotatable bonds is 4. The van der Waals surface area contributed by atoms with Gasteiger partial charge >= 0.3 is 0 Å². The summed E-state index contributed by atoms with van der Waals surface area (Å²) in [6, 6.07) is 61.4. The van der Waals surface area contributed by atoms with Crippen LogP contribution in [-0.4, -0.2) is 13.4 Å². The lowest BCUT2D eigenvalue weighted by Gasteiger charge is -2.37. The zero-order valence-corrected chi connectivity index (χ0v) is 34.0. The molecule has 0 saturated heterocycles. The van der Waals surface area contributed by atoms with Crippen LogP contribution in [0.2, 0.25) is 0 Å². The highest BCUT2D eigenvalue weighted by Gasteiger charge is 2.43. The van der Waals surface area contributed by atoms with Gasteiger partial charge < -0.3 is 9.47 Å². The lowest BCUT2D eigenvalue weighted by Crippen LogP contribution is -2.62. The first kappa shape index (κ1) is 33.6. The van der Waals surface area contributed by atoms with Crippen molar-refractivity contribution in [2.45, 2.75) is 39.2 Å². The molecule has 0 aliphatic carbocycles. The van der Waals surface area contributed by atoms with Gasteiger partial charge in [-0.15, -0.1) is 0 Å². The third kappa shape index (κ3) is 5.22. The van der Waals surface area contributed by atoms with Crippen molar-refractivity contribution in [2.75, 3.05) is 0 Å². The van der Waals surface area contributed by atoms with E-state index in [1.54, 1.807) is 0 Å². The lowest BCUT2D eigenvalue weighted by atomic mass is 9.33. The standard InChI is InChI=1S/C50H28B2O2S4/c1-3-11-31(12-4-1)53-33-19-21-35-29(23-33)25-45-47-49(35)57-43-28-44-40(27-39(43)51(47)37-15-7-9-17-41(37)55-45)52-38-16-8-10-18-42(38)56-46-26-30-24-34(54-32-13-5-2-6-14-32)20-22-36(30)50(58-44)48(46)52/h1-28H. The first-order chi connectivity index (χ1) is 28.7. The van der Waals surface area contributed by atoms with Gasteiger partial charge in [-0.2, -0.15) is 0 Å². The molecule has 270 valence electrons. The number of para-hydroxylation sites is 2. The van der Waals surface area contributed by atoms with Crippen molar-refractivity contribution in [1.29, 1.82) is 0 Å². The van der Waals surface area contributed by atoms with E-state index in [2.05, 4.69) is 109 Å². The number of benzene rings is 9. The van der Waals surface area contributed by atoms with Crippen LogP contribution in [0.4, 0.5) is 0 Å². The second kappa shape index (κ2) is 13.1. The van der Waals surface area contributed by atoms with Gasteiger partial charge in [0.05, 0.1) is 0 Å². The second-order valence-corrected chi connectivity index (χ2v) is 19.4. The summed E-state index contributed by atoms with van der Waals surface area (Å²) in [4.78, 5) is 10.7. The Morgan fingerprint density at radius 1 is 0.310 bits per heavy atom. The predicted octanol–water partition coefficient (Wildman–Crippen LogP) is 10.5. The topological polar surface area (TPSA) is 18.5 Å². The zero-order valence-electron chi connectivity index (χ0n) is 30.8. The van der Waals surface area contributed by atoms with E-state index in [-0.39, 0.29) is 13.4 Å². The van der Waals surface area contributed by atoms with Gasteiger partial charge in [0.15, 0.2) is 0 Å². The van der Waals surface area contributed by atoms with Gasteiger partial charge in [0.25, 0.3) is 0 Å². The van der Waals surface area contributed by atoms with E-state index in [1.807, 2.05) is 108 Å². The number of hydrogen-bond donors (Lipinski definition) is 0. The summed E-state index contributed by atoms with van der Waals surface area (Å²) >= 11 is 7.71. The molecule has 0 amide bonds. The highest BCUT2D eigenvalue weighted by Crippen LogP contribution is 2.47.